The summed E-state index contributed by atoms with van der Waals surface area (Å²) in [5, 5.41) is 8.72. The molecule has 212 valence electrons. The Morgan fingerprint density at radius 2 is 1.97 bits per heavy atom. The SMILES string of the molecule is CCN(CC12CN(c3c(F)cc4c(=O)c(OC(=O)O)cn(C5CC5)c4c3F)CC1CCO2)C(=O)OC(C)(C)C. The Balaban J connectivity index is 1.52. The van der Waals surface area contributed by atoms with E-state index >= 15 is 8.78 Å². The highest BCUT2D eigenvalue weighted by Gasteiger charge is 2.53. The van der Waals surface area contributed by atoms with Gasteiger partial charge in [-0.15, -0.1) is 0 Å². The lowest BCUT2D eigenvalue weighted by Crippen LogP contribution is -2.51. The number of fused-ring (bicyclic) bond motifs is 2. The minimum absolute atomic E-state index is 0.0829. The molecule has 1 aromatic heterocycles. The predicted octanol–water partition coefficient (Wildman–Crippen LogP) is 4.52. The Morgan fingerprint density at radius 1 is 1.26 bits per heavy atom. The van der Waals surface area contributed by atoms with Crippen LogP contribution in [0, 0.1) is 17.6 Å². The van der Waals surface area contributed by atoms with Crippen LogP contribution in [0.4, 0.5) is 24.1 Å². The second-order valence-corrected chi connectivity index (χ2v) is 11.5. The van der Waals surface area contributed by atoms with Crippen LogP contribution >= 0.6 is 0 Å². The van der Waals surface area contributed by atoms with Crippen molar-refractivity contribution in [3.05, 3.63) is 34.1 Å². The Bertz CT molecular complexity index is 1380. The van der Waals surface area contributed by atoms with E-state index in [1.54, 1.807) is 30.6 Å². The number of hydrogen-bond acceptors (Lipinski definition) is 7. The number of likely N-dealkylation sites (N-methyl/N-ethyl adjacent to an activating group) is 1. The van der Waals surface area contributed by atoms with E-state index in [1.165, 1.54) is 10.8 Å². The molecule has 3 fully saturated rings. The predicted molar refractivity (Wildman–Crippen MR) is 138 cm³/mol. The fourth-order valence-electron chi connectivity index (χ4n) is 5.73. The number of hydrogen-bond donors (Lipinski definition) is 1. The molecule has 5 rings (SSSR count). The van der Waals surface area contributed by atoms with Gasteiger partial charge in [0.05, 0.1) is 23.6 Å². The van der Waals surface area contributed by atoms with Crippen molar-refractivity contribution >= 4 is 28.8 Å². The number of benzene rings is 1. The van der Waals surface area contributed by atoms with Crippen LogP contribution in [0.3, 0.4) is 0 Å². The van der Waals surface area contributed by atoms with Crippen molar-refractivity contribution in [2.75, 3.05) is 37.7 Å². The zero-order chi connectivity index (χ0) is 28.3. The largest absolute Gasteiger partial charge is 0.511 e. The maximum atomic E-state index is 16.2. The number of carboxylic acid groups (broad SMARTS) is 1. The quantitative estimate of drug-likeness (QED) is 0.524. The van der Waals surface area contributed by atoms with E-state index in [0.29, 0.717) is 39.0 Å². The minimum atomic E-state index is -1.69. The first-order valence-electron chi connectivity index (χ1n) is 13.2. The number of pyridine rings is 1. The topological polar surface area (TPSA) is 111 Å². The molecule has 2 aliphatic heterocycles. The van der Waals surface area contributed by atoms with Crippen molar-refractivity contribution in [2.45, 2.75) is 64.2 Å². The molecule has 3 heterocycles. The molecule has 12 heteroatoms. The van der Waals surface area contributed by atoms with Gasteiger partial charge >= 0.3 is 12.2 Å². The molecule has 2 aromatic rings. The third-order valence-corrected chi connectivity index (χ3v) is 7.60. The van der Waals surface area contributed by atoms with Gasteiger partial charge in [0.25, 0.3) is 0 Å². The standard InChI is InChI=1S/C27H33F2N3O7/c1-5-30(24(34)39-26(2,3)4)13-27-14-31(11-15(27)8-9-37-27)22-18(28)10-17-21(20(22)29)32(16-6-7-16)12-19(23(17)33)38-25(35)36/h10,12,15-16H,5-9,11,13-14H2,1-4H3,(H,35,36). The number of halogens is 2. The Kier molecular flexibility index (Phi) is 6.72. The fraction of sp³-hybridized carbons (Fsp3) is 0.593. The Morgan fingerprint density at radius 3 is 2.59 bits per heavy atom. The normalized spacial score (nSPS) is 22.7. The average Bonchev–Trinajstić information content (AvgIpc) is 3.51. The monoisotopic (exact) mass is 549 g/mol. The molecule has 3 aliphatic rings. The highest BCUT2D eigenvalue weighted by Crippen LogP contribution is 2.45. The lowest BCUT2D eigenvalue weighted by atomic mass is 9.90. The molecule has 0 spiro atoms. The summed E-state index contributed by atoms with van der Waals surface area (Å²) in [6.45, 7) is 8.69. The van der Waals surface area contributed by atoms with Crippen molar-refractivity contribution in [3.63, 3.8) is 0 Å². The van der Waals surface area contributed by atoms with E-state index in [2.05, 4.69) is 4.74 Å². The van der Waals surface area contributed by atoms with E-state index < -0.39 is 46.3 Å². The van der Waals surface area contributed by atoms with Gasteiger partial charge in [-0.3, -0.25) is 4.79 Å². The van der Waals surface area contributed by atoms with Crippen LogP contribution in [0.5, 0.6) is 5.75 Å². The lowest BCUT2D eigenvalue weighted by Gasteiger charge is -2.35. The highest BCUT2D eigenvalue weighted by molar-refractivity contribution is 5.86. The van der Waals surface area contributed by atoms with E-state index in [1.807, 2.05) is 6.92 Å². The van der Waals surface area contributed by atoms with Gasteiger partial charge < -0.3 is 33.7 Å². The first-order chi connectivity index (χ1) is 18.3. The molecule has 0 bridgehead atoms. The van der Waals surface area contributed by atoms with Crippen LogP contribution in [0.1, 0.15) is 53.0 Å². The Labute approximate surface area is 224 Å². The molecular weight excluding hydrogens is 516 g/mol. The van der Waals surface area contributed by atoms with Crippen LogP contribution in [0.25, 0.3) is 10.9 Å². The smallest absolute Gasteiger partial charge is 0.449 e. The molecule has 2 atom stereocenters. The summed E-state index contributed by atoms with van der Waals surface area (Å²) in [7, 11) is 0. The van der Waals surface area contributed by atoms with Crippen LogP contribution in [-0.4, -0.2) is 70.8 Å². The number of aromatic nitrogens is 1. The summed E-state index contributed by atoms with van der Waals surface area (Å²) in [5.74, 6) is -2.43. The third kappa shape index (κ3) is 5.02. The summed E-state index contributed by atoms with van der Waals surface area (Å²) in [5.41, 5.74) is -2.78. The summed E-state index contributed by atoms with van der Waals surface area (Å²) < 4.78 is 49.6. The van der Waals surface area contributed by atoms with Gasteiger partial charge in [0.15, 0.2) is 11.6 Å². The van der Waals surface area contributed by atoms with Gasteiger partial charge in [-0.1, -0.05) is 0 Å². The fourth-order valence-corrected chi connectivity index (χ4v) is 5.73. The molecule has 1 N–H and O–H groups in total. The minimum Gasteiger partial charge on any atom is -0.449 e. The van der Waals surface area contributed by atoms with E-state index in [4.69, 9.17) is 14.6 Å². The van der Waals surface area contributed by atoms with E-state index in [9.17, 15) is 14.4 Å². The molecule has 1 aromatic carbocycles. The Hall–Kier alpha value is -3.41. The number of nitrogens with zero attached hydrogens (tertiary/aromatic N) is 3. The van der Waals surface area contributed by atoms with E-state index in [0.717, 1.165) is 6.07 Å². The molecule has 1 aliphatic carbocycles. The highest BCUT2D eigenvalue weighted by atomic mass is 19.1. The van der Waals surface area contributed by atoms with Crippen LogP contribution < -0.4 is 15.1 Å². The number of carbonyl (C=O) groups excluding carboxylic acids is 1. The van der Waals surface area contributed by atoms with Crippen molar-refractivity contribution in [1.82, 2.24) is 9.47 Å². The molecule has 1 saturated carbocycles. The number of carbonyl (C=O) groups is 2. The van der Waals surface area contributed by atoms with Crippen LogP contribution in [0.15, 0.2) is 17.1 Å². The second kappa shape index (κ2) is 9.65. The summed E-state index contributed by atoms with van der Waals surface area (Å²) in [4.78, 5) is 40.0. The molecule has 39 heavy (non-hydrogen) atoms. The molecule has 10 nitrogen and oxygen atoms in total. The first kappa shape index (κ1) is 27.2. The number of rotatable bonds is 6. The second-order valence-electron chi connectivity index (χ2n) is 11.5. The maximum Gasteiger partial charge on any atom is 0.511 e. The van der Waals surface area contributed by atoms with Crippen molar-refractivity contribution in [3.8, 4) is 5.75 Å². The zero-order valence-corrected chi connectivity index (χ0v) is 22.5. The molecule has 2 saturated heterocycles. The molecule has 1 amide bonds. The zero-order valence-electron chi connectivity index (χ0n) is 22.5. The van der Waals surface area contributed by atoms with E-state index in [-0.39, 0.29) is 41.6 Å². The average molecular weight is 550 g/mol. The van der Waals surface area contributed by atoms with Gasteiger partial charge in [0.1, 0.15) is 22.7 Å². The summed E-state index contributed by atoms with van der Waals surface area (Å²) >= 11 is 0. The summed E-state index contributed by atoms with van der Waals surface area (Å²) in [6.07, 6.45) is 1.09. The van der Waals surface area contributed by atoms with Gasteiger partial charge in [-0.05, 0) is 53.0 Å². The van der Waals surface area contributed by atoms with Crippen LogP contribution in [-0.2, 0) is 9.47 Å². The van der Waals surface area contributed by atoms with Crippen molar-refractivity contribution in [1.29, 1.82) is 0 Å². The number of anilines is 1. The molecule has 2 unspecified atom stereocenters. The van der Waals surface area contributed by atoms with Crippen LogP contribution in [0.2, 0.25) is 0 Å². The van der Waals surface area contributed by atoms with Crippen molar-refractivity contribution < 1.29 is 37.7 Å². The van der Waals surface area contributed by atoms with Gasteiger partial charge in [0.2, 0.25) is 5.43 Å². The third-order valence-electron chi connectivity index (χ3n) is 7.60. The van der Waals surface area contributed by atoms with Gasteiger partial charge in [-0.2, -0.15) is 0 Å². The van der Waals surface area contributed by atoms with Gasteiger partial charge in [-0.25, -0.2) is 18.4 Å². The van der Waals surface area contributed by atoms with Gasteiger partial charge in [0, 0.05) is 38.2 Å². The number of ether oxygens (including phenoxy) is 3. The number of amides is 1. The molecular formula is C27H33F2N3O7. The molecule has 0 radical (unpaired) electrons. The van der Waals surface area contributed by atoms with Crippen molar-refractivity contribution in [2.24, 2.45) is 5.92 Å². The lowest BCUT2D eigenvalue weighted by molar-refractivity contribution is -0.0330. The summed E-state index contributed by atoms with van der Waals surface area (Å²) in [6, 6.07) is 0.793. The maximum absolute atomic E-state index is 16.2. The first-order valence-corrected chi connectivity index (χ1v) is 13.2.